The molecule has 1 N–H and O–H groups in total. The van der Waals surface area contributed by atoms with E-state index in [2.05, 4.69) is 9.71 Å². The van der Waals surface area contributed by atoms with E-state index >= 15 is 0 Å². The highest BCUT2D eigenvalue weighted by Crippen LogP contribution is 2.29. The summed E-state index contributed by atoms with van der Waals surface area (Å²) in [6.07, 6.45) is 1.57. The largest absolute Gasteiger partial charge is 0.497 e. The summed E-state index contributed by atoms with van der Waals surface area (Å²) < 4.78 is 45.5. The SMILES string of the molecule is COc1cc(NS(=O)(=O)c2ccc(F)cc2)c2ncccc2c1. The van der Waals surface area contributed by atoms with Crippen molar-refractivity contribution in [3.05, 3.63) is 60.5 Å². The van der Waals surface area contributed by atoms with Crippen LogP contribution >= 0.6 is 0 Å². The zero-order valence-corrected chi connectivity index (χ0v) is 13.0. The molecular formula is C16H13FN2O3S. The Labute approximate surface area is 132 Å². The molecular weight excluding hydrogens is 319 g/mol. The van der Waals surface area contributed by atoms with Gasteiger partial charge in [-0.2, -0.15) is 0 Å². The highest BCUT2D eigenvalue weighted by molar-refractivity contribution is 7.92. The molecule has 0 aliphatic carbocycles. The maximum Gasteiger partial charge on any atom is 0.261 e. The summed E-state index contributed by atoms with van der Waals surface area (Å²) in [5.41, 5.74) is 0.795. The molecule has 5 nitrogen and oxygen atoms in total. The topological polar surface area (TPSA) is 68.3 Å². The van der Waals surface area contributed by atoms with Crippen LogP contribution in [0.25, 0.3) is 10.9 Å². The minimum atomic E-state index is -3.86. The van der Waals surface area contributed by atoms with Gasteiger partial charge < -0.3 is 4.74 Å². The van der Waals surface area contributed by atoms with Gasteiger partial charge in [0.2, 0.25) is 0 Å². The van der Waals surface area contributed by atoms with Gasteiger partial charge in [-0.25, -0.2) is 12.8 Å². The Balaban J connectivity index is 2.08. The second-order valence-corrected chi connectivity index (χ2v) is 6.49. The quantitative estimate of drug-likeness (QED) is 0.797. The first-order valence-electron chi connectivity index (χ1n) is 6.71. The molecule has 7 heteroatoms. The van der Waals surface area contributed by atoms with Crippen LogP contribution in [-0.4, -0.2) is 20.5 Å². The summed E-state index contributed by atoms with van der Waals surface area (Å²) in [5, 5.41) is 0.739. The van der Waals surface area contributed by atoms with E-state index in [9.17, 15) is 12.8 Å². The van der Waals surface area contributed by atoms with E-state index in [1.54, 1.807) is 30.5 Å². The smallest absolute Gasteiger partial charge is 0.261 e. The normalized spacial score (nSPS) is 11.4. The van der Waals surface area contributed by atoms with E-state index < -0.39 is 15.8 Å². The van der Waals surface area contributed by atoms with Crippen molar-refractivity contribution in [3.63, 3.8) is 0 Å². The minimum Gasteiger partial charge on any atom is -0.497 e. The van der Waals surface area contributed by atoms with E-state index in [1.807, 2.05) is 0 Å². The van der Waals surface area contributed by atoms with Crippen LogP contribution in [0.15, 0.2) is 59.6 Å². The molecule has 0 aliphatic rings. The predicted molar refractivity (Wildman–Crippen MR) is 85.5 cm³/mol. The zero-order chi connectivity index (χ0) is 16.4. The fraction of sp³-hybridized carbons (Fsp3) is 0.0625. The molecule has 3 rings (SSSR count). The molecule has 0 saturated heterocycles. The van der Waals surface area contributed by atoms with Crippen molar-refractivity contribution >= 4 is 26.6 Å². The second-order valence-electron chi connectivity index (χ2n) is 4.81. The summed E-state index contributed by atoms with van der Waals surface area (Å²) in [6, 6.07) is 11.5. The fourth-order valence-electron chi connectivity index (χ4n) is 2.18. The van der Waals surface area contributed by atoms with Gasteiger partial charge in [0.25, 0.3) is 10.0 Å². The molecule has 1 aromatic heterocycles. The maximum absolute atomic E-state index is 13.0. The molecule has 23 heavy (non-hydrogen) atoms. The molecule has 0 unspecified atom stereocenters. The Kier molecular flexibility index (Phi) is 3.87. The van der Waals surface area contributed by atoms with Crippen molar-refractivity contribution in [3.8, 4) is 5.75 Å². The number of rotatable bonds is 4. The summed E-state index contributed by atoms with van der Waals surface area (Å²) in [6.45, 7) is 0. The van der Waals surface area contributed by atoms with Crippen molar-refractivity contribution in [2.24, 2.45) is 0 Å². The third-order valence-electron chi connectivity index (χ3n) is 3.28. The Morgan fingerprint density at radius 3 is 2.57 bits per heavy atom. The van der Waals surface area contributed by atoms with Crippen LogP contribution in [0.5, 0.6) is 5.75 Å². The van der Waals surface area contributed by atoms with E-state index in [-0.39, 0.29) is 4.90 Å². The number of nitrogens with one attached hydrogen (secondary N) is 1. The average Bonchev–Trinajstić information content (AvgIpc) is 2.54. The number of anilines is 1. The Morgan fingerprint density at radius 1 is 1.13 bits per heavy atom. The maximum atomic E-state index is 13.0. The van der Waals surface area contributed by atoms with Gasteiger partial charge in [-0.05, 0) is 36.4 Å². The standard InChI is InChI=1S/C16H13FN2O3S/c1-22-13-9-11-3-2-8-18-16(11)15(10-13)19-23(20,21)14-6-4-12(17)5-7-14/h2-10,19H,1H3. The summed E-state index contributed by atoms with van der Waals surface area (Å²) in [4.78, 5) is 4.17. The van der Waals surface area contributed by atoms with Crippen LogP contribution in [0, 0.1) is 5.82 Å². The second kappa shape index (κ2) is 5.85. The van der Waals surface area contributed by atoms with Gasteiger partial charge >= 0.3 is 0 Å². The monoisotopic (exact) mass is 332 g/mol. The van der Waals surface area contributed by atoms with Gasteiger partial charge in [-0.3, -0.25) is 9.71 Å². The van der Waals surface area contributed by atoms with Crippen LogP contribution in [0.3, 0.4) is 0 Å². The third-order valence-corrected chi connectivity index (χ3v) is 4.66. The van der Waals surface area contributed by atoms with Crippen LogP contribution in [0.1, 0.15) is 0 Å². The lowest BCUT2D eigenvalue weighted by molar-refractivity contribution is 0.415. The molecule has 118 valence electrons. The van der Waals surface area contributed by atoms with Gasteiger partial charge in [-0.1, -0.05) is 6.07 Å². The first-order chi connectivity index (χ1) is 11.0. The molecule has 2 aromatic carbocycles. The van der Waals surface area contributed by atoms with Crippen molar-refractivity contribution in [2.45, 2.75) is 4.90 Å². The zero-order valence-electron chi connectivity index (χ0n) is 12.2. The molecule has 0 amide bonds. The van der Waals surface area contributed by atoms with Crippen LogP contribution in [0.4, 0.5) is 10.1 Å². The molecule has 0 spiro atoms. The van der Waals surface area contributed by atoms with E-state index in [0.29, 0.717) is 17.0 Å². The fourth-order valence-corrected chi connectivity index (χ4v) is 3.24. The molecule has 0 radical (unpaired) electrons. The van der Waals surface area contributed by atoms with Crippen molar-refractivity contribution in [1.29, 1.82) is 0 Å². The van der Waals surface area contributed by atoms with Crippen molar-refractivity contribution < 1.29 is 17.5 Å². The highest BCUT2D eigenvalue weighted by atomic mass is 32.2. The van der Waals surface area contributed by atoms with Gasteiger partial charge in [-0.15, -0.1) is 0 Å². The number of hydrogen-bond donors (Lipinski definition) is 1. The molecule has 0 bridgehead atoms. The van der Waals surface area contributed by atoms with Crippen molar-refractivity contribution in [2.75, 3.05) is 11.8 Å². The van der Waals surface area contributed by atoms with E-state index in [0.717, 1.165) is 17.5 Å². The number of nitrogens with zero attached hydrogens (tertiary/aromatic N) is 1. The minimum absolute atomic E-state index is 0.0363. The number of aromatic nitrogens is 1. The number of benzene rings is 2. The first-order valence-corrected chi connectivity index (χ1v) is 8.19. The summed E-state index contributed by atoms with van der Waals surface area (Å²) in [7, 11) is -2.36. The lowest BCUT2D eigenvalue weighted by Crippen LogP contribution is -2.13. The Bertz CT molecular complexity index is 957. The van der Waals surface area contributed by atoms with Gasteiger partial charge in [0.1, 0.15) is 11.6 Å². The highest BCUT2D eigenvalue weighted by Gasteiger charge is 2.17. The Hall–Kier alpha value is -2.67. The number of halogens is 1. The van der Waals surface area contributed by atoms with Crippen LogP contribution in [-0.2, 0) is 10.0 Å². The summed E-state index contributed by atoms with van der Waals surface area (Å²) in [5.74, 6) is -0.000229. The number of fused-ring (bicyclic) bond motifs is 1. The Morgan fingerprint density at radius 2 is 1.87 bits per heavy atom. The number of hydrogen-bond acceptors (Lipinski definition) is 4. The third kappa shape index (κ3) is 3.09. The molecule has 3 aromatic rings. The van der Waals surface area contributed by atoms with Crippen molar-refractivity contribution in [1.82, 2.24) is 4.98 Å². The molecule has 1 heterocycles. The van der Waals surface area contributed by atoms with Crippen LogP contribution in [0.2, 0.25) is 0 Å². The lowest BCUT2D eigenvalue weighted by atomic mass is 10.2. The van der Waals surface area contributed by atoms with Gasteiger partial charge in [0, 0.05) is 17.6 Å². The van der Waals surface area contributed by atoms with Crippen LogP contribution < -0.4 is 9.46 Å². The van der Waals surface area contributed by atoms with E-state index in [1.165, 1.54) is 19.2 Å². The number of methoxy groups -OCH3 is 1. The molecule has 0 fully saturated rings. The predicted octanol–water partition coefficient (Wildman–Crippen LogP) is 3.18. The number of sulfonamides is 1. The summed E-state index contributed by atoms with van der Waals surface area (Å²) >= 11 is 0. The number of ether oxygens (including phenoxy) is 1. The number of pyridine rings is 1. The van der Waals surface area contributed by atoms with E-state index in [4.69, 9.17) is 4.74 Å². The lowest BCUT2D eigenvalue weighted by Gasteiger charge is -2.12. The van der Waals surface area contributed by atoms with Gasteiger partial charge in [0.15, 0.2) is 0 Å². The first kappa shape index (κ1) is 15.2. The molecule has 0 saturated carbocycles. The molecule has 0 aliphatic heterocycles. The average molecular weight is 332 g/mol. The molecule has 0 atom stereocenters. The van der Waals surface area contributed by atoms with Gasteiger partial charge in [0.05, 0.1) is 23.2 Å².